The molecule has 0 saturated carbocycles. The summed E-state index contributed by atoms with van der Waals surface area (Å²) >= 11 is 0. The number of hydrogen-bond donors (Lipinski definition) is 1. The van der Waals surface area contributed by atoms with E-state index >= 15 is 0 Å². The Labute approximate surface area is 103 Å². The lowest BCUT2D eigenvalue weighted by Gasteiger charge is -2.16. The van der Waals surface area contributed by atoms with Crippen molar-refractivity contribution < 1.29 is 9.84 Å². The van der Waals surface area contributed by atoms with Crippen molar-refractivity contribution in [2.75, 3.05) is 32.8 Å². The third-order valence-electron chi connectivity index (χ3n) is 3.33. The Morgan fingerprint density at radius 1 is 1.29 bits per heavy atom. The molecule has 1 fully saturated rings. The molecule has 1 aromatic rings. The maximum Gasteiger partial charge on any atom is 0.119 e. The van der Waals surface area contributed by atoms with Crippen LogP contribution in [-0.4, -0.2) is 42.9 Å². The number of para-hydroxylation sites is 1. The van der Waals surface area contributed by atoms with Gasteiger partial charge in [-0.3, -0.25) is 4.90 Å². The van der Waals surface area contributed by atoms with E-state index in [1.165, 1.54) is 6.42 Å². The van der Waals surface area contributed by atoms with Crippen LogP contribution < -0.4 is 4.74 Å². The molecule has 0 spiro atoms. The number of nitrogens with zero attached hydrogens (tertiary/aromatic N) is 1. The molecular weight excluding hydrogens is 214 g/mol. The van der Waals surface area contributed by atoms with Gasteiger partial charge in [0, 0.05) is 19.7 Å². The molecule has 0 radical (unpaired) electrons. The van der Waals surface area contributed by atoms with E-state index in [1.807, 2.05) is 30.3 Å². The average Bonchev–Trinajstić information content (AvgIpc) is 2.79. The lowest BCUT2D eigenvalue weighted by Crippen LogP contribution is -2.26. The van der Waals surface area contributed by atoms with E-state index in [1.54, 1.807) is 0 Å². The molecule has 3 nitrogen and oxygen atoms in total. The van der Waals surface area contributed by atoms with Crippen LogP contribution in [0.2, 0.25) is 0 Å². The molecule has 0 aromatic heterocycles. The highest BCUT2D eigenvalue weighted by atomic mass is 16.5. The Bertz CT molecular complexity index is 315. The van der Waals surface area contributed by atoms with Crippen molar-refractivity contribution in [1.82, 2.24) is 4.90 Å². The first-order valence-electron chi connectivity index (χ1n) is 6.39. The minimum absolute atomic E-state index is 0.318. The minimum Gasteiger partial charge on any atom is -0.492 e. The van der Waals surface area contributed by atoms with Gasteiger partial charge in [0.1, 0.15) is 12.4 Å². The minimum atomic E-state index is 0.318. The SMILES string of the molecule is OCCC1CCN(CCOc2ccccc2)C1. The number of aliphatic hydroxyl groups excluding tert-OH is 1. The summed E-state index contributed by atoms with van der Waals surface area (Å²) in [5.41, 5.74) is 0. The van der Waals surface area contributed by atoms with Crippen molar-refractivity contribution in [3.8, 4) is 5.75 Å². The van der Waals surface area contributed by atoms with Crippen LogP contribution in [-0.2, 0) is 0 Å². The van der Waals surface area contributed by atoms with Gasteiger partial charge in [0.25, 0.3) is 0 Å². The van der Waals surface area contributed by atoms with Gasteiger partial charge in [-0.2, -0.15) is 0 Å². The Balaban J connectivity index is 1.63. The summed E-state index contributed by atoms with van der Waals surface area (Å²) in [4.78, 5) is 2.42. The molecule has 2 rings (SSSR count). The molecule has 1 unspecified atom stereocenters. The standard InChI is InChI=1S/C14H21NO2/c16-10-7-13-6-8-15(12-13)9-11-17-14-4-2-1-3-5-14/h1-5,13,16H,6-12H2. The number of hydrogen-bond acceptors (Lipinski definition) is 3. The summed E-state index contributed by atoms with van der Waals surface area (Å²) in [6.45, 7) is 4.30. The molecule has 1 aliphatic heterocycles. The fraction of sp³-hybridized carbons (Fsp3) is 0.571. The average molecular weight is 235 g/mol. The van der Waals surface area contributed by atoms with E-state index in [2.05, 4.69) is 4.90 Å². The second kappa shape index (κ2) is 6.62. The first-order chi connectivity index (χ1) is 8.38. The molecule has 1 N–H and O–H groups in total. The lowest BCUT2D eigenvalue weighted by molar-refractivity contribution is 0.222. The van der Waals surface area contributed by atoms with Crippen LogP contribution in [0.15, 0.2) is 30.3 Å². The van der Waals surface area contributed by atoms with Crippen LogP contribution in [0, 0.1) is 5.92 Å². The van der Waals surface area contributed by atoms with E-state index in [0.717, 1.165) is 38.4 Å². The molecule has 0 amide bonds. The van der Waals surface area contributed by atoms with E-state index in [-0.39, 0.29) is 0 Å². The summed E-state index contributed by atoms with van der Waals surface area (Å²) in [6, 6.07) is 9.94. The van der Waals surface area contributed by atoms with Gasteiger partial charge in [0.05, 0.1) is 0 Å². The molecule has 1 atom stereocenters. The Morgan fingerprint density at radius 3 is 2.88 bits per heavy atom. The van der Waals surface area contributed by atoms with Crippen LogP contribution in [0.5, 0.6) is 5.75 Å². The summed E-state index contributed by atoms with van der Waals surface area (Å²) in [5.74, 6) is 1.62. The van der Waals surface area contributed by atoms with Crippen LogP contribution in [0.25, 0.3) is 0 Å². The number of rotatable bonds is 6. The topological polar surface area (TPSA) is 32.7 Å². The largest absolute Gasteiger partial charge is 0.492 e. The van der Waals surface area contributed by atoms with Crippen molar-refractivity contribution in [3.05, 3.63) is 30.3 Å². The zero-order chi connectivity index (χ0) is 11.9. The van der Waals surface area contributed by atoms with Gasteiger partial charge < -0.3 is 9.84 Å². The summed E-state index contributed by atoms with van der Waals surface area (Å²) < 4.78 is 5.67. The molecule has 0 bridgehead atoms. The zero-order valence-corrected chi connectivity index (χ0v) is 10.2. The second-order valence-electron chi connectivity index (χ2n) is 4.63. The molecule has 1 aromatic carbocycles. The second-order valence-corrected chi connectivity index (χ2v) is 4.63. The molecule has 1 aliphatic rings. The van der Waals surface area contributed by atoms with E-state index < -0.39 is 0 Å². The highest BCUT2D eigenvalue weighted by molar-refractivity contribution is 5.20. The molecular formula is C14H21NO2. The van der Waals surface area contributed by atoms with Crippen molar-refractivity contribution in [2.24, 2.45) is 5.92 Å². The van der Waals surface area contributed by atoms with Crippen LogP contribution in [0.4, 0.5) is 0 Å². The Hall–Kier alpha value is -1.06. The van der Waals surface area contributed by atoms with E-state index in [0.29, 0.717) is 12.5 Å². The van der Waals surface area contributed by atoms with Crippen LogP contribution in [0.3, 0.4) is 0 Å². The lowest BCUT2D eigenvalue weighted by atomic mass is 10.1. The van der Waals surface area contributed by atoms with Gasteiger partial charge in [-0.25, -0.2) is 0 Å². The molecule has 3 heteroatoms. The van der Waals surface area contributed by atoms with Crippen molar-refractivity contribution in [2.45, 2.75) is 12.8 Å². The fourth-order valence-corrected chi connectivity index (χ4v) is 2.34. The predicted octanol–water partition coefficient (Wildman–Crippen LogP) is 1.77. The number of likely N-dealkylation sites (tertiary alicyclic amines) is 1. The first kappa shape index (κ1) is 12.4. The third-order valence-corrected chi connectivity index (χ3v) is 3.33. The predicted molar refractivity (Wildman–Crippen MR) is 68.2 cm³/mol. The molecule has 94 valence electrons. The van der Waals surface area contributed by atoms with Gasteiger partial charge in [-0.15, -0.1) is 0 Å². The highest BCUT2D eigenvalue weighted by Gasteiger charge is 2.21. The maximum atomic E-state index is 8.89. The van der Waals surface area contributed by atoms with Crippen molar-refractivity contribution in [3.63, 3.8) is 0 Å². The summed E-state index contributed by atoms with van der Waals surface area (Å²) in [5, 5.41) is 8.89. The van der Waals surface area contributed by atoms with Gasteiger partial charge >= 0.3 is 0 Å². The Morgan fingerprint density at radius 2 is 2.12 bits per heavy atom. The molecule has 0 aliphatic carbocycles. The van der Waals surface area contributed by atoms with Gasteiger partial charge in [-0.05, 0) is 37.4 Å². The summed E-state index contributed by atoms with van der Waals surface area (Å²) in [7, 11) is 0. The Kier molecular flexibility index (Phi) is 4.83. The van der Waals surface area contributed by atoms with Crippen LogP contribution in [0.1, 0.15) is 12.8 Å². The zero-order valence-electron chi connectivity index (χ0n) is 10.2. The quantitative estimate of drug-likeness (QED) is 0.815. The van der Waals surface area contributed by atoms with Gasteiger partial charge in [-0.1, -0.05) is 18.2 Å². The van der Waals surface area contributed by atoms with E-state index in [4.69, 9.17) is 9.84 Å². The highest BCUT2D eigenvalue weighted by Crippen LogP contribution is 2.18. The molecule has 17 heavy (non-hydrogen) atoms. The fourth-order valence-electron chi connectivity index (χ4n) is 2.34. The van der Waals surface area contributed by atoms with Gasteiger partial charge in [0.15, 0.2) is 0 Å². The molecule has 1 heterocycles. The van der Waals surface area contributed by atoms with Crippen LogP contribution >= 0.6 is 0 Å². The van der Waals surface area contributed by atoms with Crippen molar-refractivity contribution in [1.29, 1.82) is 0 Å². The number of ether oxygens (including phenoxy) is 1. The number of benzene rings is 1. The number of aliphatic hydroxyl groups is 1. The monoisotopic (exact) mass is 235 g/mol. The maximum absolute atomic E-state index is 8.89. The normalized spacial score (nSPS) is 20.6. The summed E-state index contributed by atoms with van der Waals surface area (Å²) in [6.07, 6.45) is 2.15. The van der Waals surface area contributed by atoms with E-state index in [9.17, 15) is 0 Å². The first-order valence-corrected chi connectivity index (χ1v) is 6.39. The third kappa shape index (κ3) is 4.02. The molecule has 1 saturated heterocycles. The van der Waals surface area contributed by atoms with Gasteiger partial charge in [0.2, 0.25) is 0 Å². The smallest absolute Gasteiger partial charge is 0.119 e. The van der Waals surface area contributed by atoms with Crippen molar-refractivity contribution >= 4 is 0 Å².